The van der Waals surface area contributed by atoms with Crippen molar-refractivity contribution in [1.82, 2.24) is 15.5 Å². The van der Waals surface area contributed by atoms with Crippen molar-refractivity contribution < 1.29 is 27.6 Å². The highest BCUT2D eigenvalue weighted by molar-refractivity contribution is 6.84. The second-order valence-corrected chi connectivity index (χ2v) is 20.3. The molecule has 3 saturated heterocycles. The molecule has 0 aliphatic carbocycles. The molecule has 6 atom stereocenters. The van der Waals surface area contributed by atoms with Gasteiger partial charge in [-0.2, -0.15) is 0 Å². The average molecular weight is 542 g/mol. The first-order valence-corrected chi connectivity index (χ1v) is 17.0. The Bertz CT molecular complexity index is 884. The van der Waals surface area contributed by atoms with Crippen molar-refractivity contribution in [3.63, 3.8) is 0 Å². The van der Waals surface area contributed by atoms with Gasteiger partial charge in [-0.15, -0.1) is 0 Å². The molecule has 0 radical (unpaired) electrons. The molecule has 0 saturated carbocycles. The first kappa shape index (κ1) is 27.7. The third-order valence-corrected chi connectivity index (χ3v) is 18.2. The zero-order chi connectivity index (χ0) is 26.6. The lowest BCUT2D eigenvalue weighted by atomic mass is 10.1. The first-order valence-electron chi connectivity index (χ1n) is 13.1. The van der Waals surface area contributed by atoms with Gasteiger partial charge in [0.25, 0.3) is 5.91 Å². The van der Waals surface area contributed by atoms with Crippen LogP contribution in [0.25, 0.3) is 0 Å². The minimum Gasteiger partial charge on any atom is -0.414 e. The molecule has 3 fully saturated rings. The lowest BCUT2D eigenvalue weighted by Gasteiger charge is -2.51. The molecular weight excluding hydrogens is 498 g/mol. The van der Waals surface area contributed by atoms with Gasteiger partial charge in [-0.25, -0.2) is 0 Å². The minimum atomic E-state index is -2.89. The highest BCUT2D eigenvalue weighted by atomic mass is 28.5. The highest BCUT2D eigenvalue weighted by Gasteiger charge is 2.62. The van der Waals surface area contributed by atoms with Crippen LogP contribution in [0.15, 0.2) is 9.98 Å². The van der Waals surface area contributed by atoms with Crippen LogP contribution in [-0.2, 0) is 22.5 Å². The van der Waals surface area contributed by atoms with Gasteiger partial charge in [0.1, 0.15) is 24.5 Å². The molecule has 13 heteroatoms. The lowest BCUT2D eigenvalue weighted by molar-refractivity contribution is -0.125. The van der Waals surface area contributed by atoms with E-state index in [0.717, 1.165) is 0 Å². The van der Waals surface area contributed by atoms with E-state index in [4.69, 9.17) is 17.7 Å². The van der Waals surface area contributed by atoms with Crippen molar-refractivity contribution in [3.05, 3.63) is 0 Å². The van der Waals surface area contributed by atoms with E-state index in [2.05, 4.69) is 76.0 Å². The maximum Gasteiger partial charge on any atom is 0.335 e. The maximum atomic E-state index is 12.5. The standard InChI is InChI=1S/C23H43N5O6Si2/c1-12(2)35(13(3)4)31-10-16-19(33-36(34-35,14(5)6)15(7)8)18(29)22(32-16)28-11-25-17-20(28)26-23(24-9)27-21(17)30/h11-20,22,29H,10H2,1-9H3,(H2,24,26,27,30)/t16-,17?,18?,19+,20?,22-/m1/s1. The van der Waals surface area contributed by atoms with Crippen LogP contribution in [0.2, 0.25) is 22.2 Å². The van der Waals surface area contributed by atoms with Crippen LogP contribution >= 0.6 is 0 Å². The number of hydrogen-bond acceptors (Lipinski definition) is 9. The van der Waals surface area contributed by atoms with Crippen LogP contribution in [0, 0.1) is 0 Å². The van der Waals surface area contributed by atoms with Crippen molar-refractivity contribution in [2.24, 2.45) is 9.98 Å². The molecule has 4 aliphatic rings. The summed E-state index contributed by atoms with van der Waals surface area (Å²) >= 11 is 0. The van der Waals surface area contributed by atoms with Gasteiger partial charge in [0.05, 0.1) is 12.9 Å². The number of ether oxygens (including phenoxy) is 1. The summed E-state index contributed by atoms with van der Waals surface area (Å²) in [5.74, 6) is 0.110. The Balaban J connectivity index is 1.68. The fraction of sp³-hybridized carbons (Fsp3) is 0.870. The molecular formula is C23H43N5O6Si2. The van der Waals surface area contributed by atoms with Crippen molar-refractivity contribution in [2.75, 3.05) is 13.7 Å². The molecule has 4 heterocycles. The molecule has 0 bridgehead atoms. The van der Waals surface area contributed by atoms with E-state index in [1.807, 2.05) is 0 Å². The molecule has 204 valence electrons. The fourth-order valence-electron chi connectivity index (χ4n) is 5.92. The number of aliphatic imine (C=N–C) groups is 2. The van der Waals surface area contributed by atoms with E-state index < -0.39 is 53.9 Å². The summed E-state index contributed by atoms with van der Waals surface area (Å²) in [6.07, 6.45) is -1.80. The molecule has 3 unspecified atom stereocenters. The molecule has 3 N–H and O–H groups in total. The van der Waals surface area contributed by atoms with Crippen LogP contribution in [-0.4, -0.2) is 95.7 Å². The van der Waals surface area contributed by atoms with Crippen molar-refractivity contribution in [1.29, 1.82) is 0 Å². The Morgan fingerprint density at radius 3 is 2.25 bits per heavy atom. The number of aliphatic hydroxyl groups is 1. The smallest absolute Gasteiger partial charge is 0.335 e. The summed E-state index contributed by atoms with van der Waals surface area (Å²) in [6, 6.07) is -0.665. The van der Waals surface area contributed by atoms with Crippen LogP contribution in [0.5, 0.6) is 0 Å². The van der Waals surface area contributed by atoms with Gasteiger partial charge >= 0.3 is 17.1 Å². The molecule has 0 aromatic heterocycles. The Kier molecular flexibility index (Phi) is 7.75. The van der Waals surface area contributed by atoms with E-state index >= 15 is 0 Å². The number of carbonyl (C=O) groups excluding carboxylic acids is 1. The second-order valence-electron chi connectivity index (χ2n) is 11.4. The zero-order valence-corrected chi connectivity index (χ0v) is 24.9. The zero-order valence-electron chi connectivity index (χ0n) is 22.9. The molecule has 0 aromatic rings. The first-order chi connectivity index (χ1) is 16.9. The third-order valence-electron chi connectivity index (χ3n) is 7.93. The molecule has 36 heavy (non-hydrogen) atoms. The van der Waals surface area contributed by atoms with E-state index in [0.29, 0.717) is 5.96 Å². The summed E-state index contributed by atoms with van der Waals surface area (Å²) in [5.41, 5.74) is 0.708. The maximum absolute atomic E-state index is 12.5. The minimum absolute atomic E-state index is 0.139. The van der Waals surface area contributed by atoms with Gasteiger partial charge in [0.15, 0.2) is 18.2 Å². The molecule has 4 aliphatic heterocycles. The van der Waals surface area contributed by atoms with Gasteiger partial charge in [-0.1, -0.05) is 55.4 Å². The Hall–Kier alpha value is -1.36. The van der Waals surface area contributed by atoms with Gasteiger partial charge in [-0.3, -0.25) is 20.1 Å². The van der Waals surface area contributed by atoms with Crippen LogP contribution in [0.1, 0.15) is 55.4 Å². The fourth-order valence-corrected chi connectivity index (χ4v) is 17.1. The lowest BCUT2D eigenvalue weighted by Crippen LogP contribution is -2.67. The van der Waals surface area contributed by atoms with E-state index in [-0.39, 0.29) is 34.7 Å². The van der Waals surface area contributed by atoms with E-state index in [1.54, 1.807) is 18.3 Å². The Morgan fingerprint density at radius 1 is 1.08 bits per heavy atom. The molecule has 0 aromatic carbocycles. The van der Waals surface area contributed by atoms with Crippen LogP contribution < -0.4 is 10.6 Å². The number of fused-ring (bicyclic) bond motifs is 2. The molecule has 11 nitrogen and oxygen atoms in total. The largest absolute Gasteiger partial charge is 0.414 e. The Labute approximate surface area is 216 Å². The normalized spacial score (nSPS) is 36.8. The van der Waals surface area contributed by atoms with Gasteiger partial charge < -0.3 is 33.0 Å². The average Bonchev–Trinajstić information content (AvgIpc) is 3.34. The topological polar surface area (TPSA) is 126 Å². The summed E-state index contributed by atoms with van der Waals surface area (Å²) in [6.45, 7) is 17.6. The number of carbonyl (C=O) groups is 1. The highest BCUT2D eigenvalue weighted by Crippen LogP contribution is 2.47. The molecule has 4 rings (SSSR count). The number of aliphatic hydroxyl groups excluding tert-OH is 1. The number of amides is 1. The quantitative estimate of drug-likeness (QED) is 0.450. The number of nitrogens with one attached hydrogen (secondary N) is 2. The SMILES string of the molecule is CN=C1NC(=O)C2N=CN([C@@H]3O[C@@H]4CO[Si](C(C)C)(C(C)C)O[Si](C(C)C)(C(C)C)O[C@@H]4C3O)C2N1. The predicted octanol–water partition coefficient (Wildman–Crippen LogP) is 1.77. The third kappa shape index (κ3) is 4.35. The van der Waals surface area contributed by atoms with Crippen LogP contribution in [0.3, 0.4) is 0 Å². The number of rotatable bonds is 5. The summed E-state index contributed by atoms with van der Waals surface area (Å²) in [7, 11) is -4.01. The van der Waals surface area contributed by atoms with Crippen molar-refractivity contribution in [3.8, 4) is 0 Å². The summed E-state index contributed by atoms with van der Waals surface area (Å²) < 4.78 is 27.4. The van der Waals surface area contributed by atoms with Crippen molar-refractivity contribution >= 4 is 35.3 Å². The van der Waals surface area contributed by atoms with Gasteiger partial charge in [0, 0.05) is 7.05 Å². The molecule has 0 spiro atoms. The Morgan fingerprint density at radius 2 is 1.69 bits per heavy atom. The predicted molar refractivity (Wildman–Crippen MR) is 141 cm³/mol. The van der Waals surface area contributed by atoms with E-state index in [1.165, 1.54) is 0 Å². The summed E-state index contributed by atoms with van der Waals surface area (Å²) in [4.78, 5) is 22.8. The van der Waals surface area contributed by atoms with Crippen molar-refractivity contribution in [2.45, 2.75) is 114 Å². The van der Waals surface area contributed by atoms with Gasteiger partial charge in [0.2, 0.25) is 0 Å². The molecule has 1 amide bonds. The second kappa shape index (κ2) is 10.1. The van der Waals surface area contributed by atoms with E-state index in [9.17, 15) is 9.90 Å². The number of guanidine groups is 1. The summed E-state index contributed by atoms with van der Waals surface area (Å²) in [5, 5.41) is 17.5. The number of nitrogens with zero attached hydrogens (tertiary/aromatic N) is 3. The monoisotopic (exact) mass is 541 g/mol. The number of hydrogen-bond donors (Lipinski definition) is 3. The van der Waals surface area contributed by atoms with Crippen LogP contribution in [0.4, 0.5) is 0 Å². The van der Waals surface area contributed by atoms with Gasteiger partial charge in [-0.05, 0) is 22.2 Å².